The van der Waals surface area contributed by atoms with E-state index in [0.29, 0.717) is 12.8 Å². The highest BCUT2D eigenvalue weighted by Gasteiger charge is 2.33. The van der Waals surface area contributed by atoms with E-state index in [1.165, 1.54) is 11.1 Å². The Morgan fingerprint density at radius 1 is 1.09 bits per heavy atom. The van der Waals surface area contributed by atoms with Crippen molar-refractivity contribution in [3.63, 3.8) is 0 Å². The largest absolute Gasteiger partial charge is 0.480 e. The van der Waals surface area contributed by atoms with Crippen molar-refractivity contribution in [1.82, 2.24) is 10.6 Å². The number of fused-ring (bicyclic) bond motifs is 3. The summed E-state index contributed by atoms with van der Waals surface area (Å²) in [4.78, 5) is 35.7. The molecule has 33 heavy (non-hydrogen) atoms. The first kappa shape index (κ1) is 22.8. The minimum atomic E-state index is -1.06. The Hall–Kier alpha value is -3.39. The molecule has 1 aliphatic heterocycles. The summed E-state index contributed by atoms with van der Waals surface area (Å²) in [6.45, 7) is 2.34. The lowest BCUT2D eigenvalue weighted by Gasteiger charge is -2.16. The zero-order chi connectivity index (χ0) is 23.4. The molecule has 0 spiro atoms. The van der Waals surface area contributed by atoms with Gasteiger partial charge in [0.05, 0.1) is 18.6 Å². The van der Waals surface area contributed by atoms with Crippen LogP contribution in [0.3, 0.4) is 0 Å². The van der Waals surface area contributed by atoms with Crippen molar-refractivity contribution in [1.29, 1.82) is 0 Å². The van der Waals surface area contributed by atoms with Crippen LogP contribution in [0.2, 0.25) is 0 Å². The predicted molar refractivity (Wildman–Crippen MR) is 121 cm³/mol. The number of rotatable bonds is 8. The van der Waals surface area contributed by atoms with E-state index in [9.17, 15) is 14.4 Å². The van der Waals surface area contributed by atoms with Gasteiger partial charge in [-0.2, -0.15) is 0 Å². The summed E-state index contributed by atoms with van der Waals surface area (Å²) in [5.41, 5.74) is 4.62. The van der Waals surface area contributed by atoms with Crippen LogP contribution in [0.15, 0.2) is 48.5 Å². The summed E-state index contributed by atoms with van der Waals surface area (Å²) in [5.74, 6) is -1.85. The number of carboxylic acids is 1. The highest BCUT2D eigenvalue weighted by Crippen LogP contribution is 2.44. The number of amides is 2. The normalized spacial score (nSPS) is 19.9. The van der Waals surface area contributed by atoms with Gasteiger partial charge in [0.1, 0.15) is 12.6 Å². The van der Waals surface area contributed by atoms with Gasteiger partial charge in [-0.15, -0.1) is 0 Å². The molecule has 1 aliphatic carbocycles. The van der Waals surface area contributed by atoms with Gasteiger partial charge in [0, 0.05) is 12.5 Å². The fourth-order valence-corrected chi connectivity index (χ4v) is 4.51. The third-order valence-electron chi connectivity index (χ3n) is 6.29. The molecule has 1 heterocycles. The van der Waals surface area contributed by atoms with Crippen LogP contribution in [0, 0.1) is 5.92 Å². The van der Waals surface area contributed by atoms with Crippen LogP contribution in [0.25, 0.3) is 11.1 Å². The Labute approximate surface area is 192 Å². The molecular weight excluding hydrogens is 424 g/mol. The fourth-order valence-electron chi connectivity index (χ4n) is 4.51. The molecule has 0 bridgehead atoms. The third kappa shape index (κ3) is 5.01. The van der Waals surface area contributed by atoms with Gasteiger partial charge < -0.3 is 25.2 Å². The van der Waals surface area contributed by atoms with E-state index in [2.05, 4.69) is 34.9 Å². The number of benzene rings is 2. The highest BCUT2D eigenvalue weighted by molar-refractivity contribution is 5.85. The predicted octanol–water partition coefficient (Wildman–Crippen LogP) is 2.91. The van der Waals surface area contributed by atoms with Gasteiger partial charge in [0.2, 0.25) is 5.91 Å². The number of aliphatic carboxylic acids is 1. The van der Waals surface area contributed by atoms with Gasteiger partial charge in [-0.3, -0.25) is 4.79 Å². The van der Waals surface area contributed by atoms with Crippen molar-refractivity contribution in [3.05, 3.63) is 59.7 Å². The van der Waals surface area contributed by atoms with Crippen LogP contribution in [-0.2, 0) is 19.1 Å². The molecule has 8 nitrogen and oxygen atoms in total. The zero-order valence-electron chi connectivity index (χ0n) is 18.5. The Morgan fingerprint density at radius 3 is 2.33 bits per heavy atom. The number of hydrogen-bond donors (Lipinski definition) is 3. The lowest BCUT2D eigenvalue weighted by molar-refractivity contribution is -0.142. The maximum Gasteiger partial charge on any atom is 0.407 e. The summed E-state index contributed by atoms with van der Waals surface area (Å²) in [7, 11) is 0. The lowest BCUT2D eigenvalue weighted by Crippen LogP contribution is -2.43. The number of carbonyl (C=O) groups is 3. The van der Waals surface area contributed by atoms with Gasteiger partial charge in [0.15, 0.2) is 0 Å². The molecule has 2 amide bonds. The molecule has 2 aromatic rings. The average molecular weight is 453 g/mol. The topological polar surface area (TPSA) is 114 Å². The first-order chi connectivity index (χ1) is 16.0. The van der Waals surface area contributed by atoms with Crippen LogP contribution >= 0.6 is 0 Å². The van der Waals surface area contributed by atoms with E-state index >= 15 is 0 Å². The minimum Gasteiger partial charge on any atom is -0.480 e. The van der Waals surface area contributed by atoms with Crippen LogP contribution in [0.1, 0.15) is 36.8 Å². The van der Waals surface area contributed by atoms with E-state index in [4.69, 9.17) is 14.6 Å². The van der Waals surface area contributed by atoms with Crippen molar-refractivity contribution < 1.29 is 29.0 Å². The monoisotopic (exact) mass is 452 g/mol. The fraction of sp³-hybridized carbons (Fsp3) is 0.400. The molecule has 2 aliphatic rings. The molecule has 4 rings (SSSR count). The van der Waals surface area contributed by atoms with Crippen molar-refractivity contribution in [3.8, 4) is 11.1 Å². The van der Waals surface area contributed by atoms with Crippen LogP contribution in [0.5, 0.6) is 0 Å². The van der Waals surface area contributed by atoms with Gasteiger partial charge >= 0.3 is 12.1 Å². The SMILES string of the molecule is CC[C@@H](NC(=O)C1COC(CNC(=O)OCC2c3ccccc3-c3ccccc32)C1)C(=O)O. The molecule has 8 heteroatoms. The van der Waals surface area contributed by atoms with Crippen LogP contribution < -0.4 is 10.6 Å². The second-order valence-corrected chi connectivity index (χ2v) is 8.40. The number of alkyl carbamates (subject to hydrolysis) is 1. The molecule has 174 valence electrons. The number of hydrogen-bond acceptors (Lipinski definition) is 5. The molecular formula is C25H28N2O6. The zero-order valence-corrected chi connectivity index (χ0v) is 18.5. The second-order valence-electron chi connectivity index (χ2n) is 8.40. The van der Waals surface area contributed by atoms with E-state index in [0.717, 1.165) is 11.1 Å². The van der Waals surface area contributed by atoms with Gasteiger partial charge in [-0.25, -0.2) is 9.59 Å². The maximum atomic E-state index is 12.3. The summed E-state index contributed by atoms with van der Waals surface area (Å²) in [6, 6.07) is 15.4. The van der Waals surface area contributed by atoms with Crippen molar-refractivity contribution in [2.24, 2.45) is 5.92 Å². The van der Waals surface area contributed by atoms with Crippen LogP contribution in [-0.4, -0.2) is 55.0 Å². The van der Waals surface area contributed by atoms with Crippen molar-refractivity contribution in [2.45, 2.75) is 37.8 Å². The summed E-state index contributed by atoms with van der Waals surface area (Å²) < 4.78 is 11.1. The first-order valence-electron chi connectivity index (χ1n) is 11.2. The number of carbonyl (C=O) groups excluding carboxylic acids is 2. The second kappa shape index (κ2) is 10.0. The Kier molecular flexibility index (Phi) is 6.93. The average Bonchev–Trinajstić information content (AvgIpc) is 3.42. The van der Waals surface area contributed by atoms with Gasteiger partial charge in [-0.05, 0) is 35.1 Å². The maximum absolute atomic E-state index is 12.3. The Morgan fingerprint density at radius 2 is 1.73 bits per heavy atom. The van der Waals surface area contributed by atoms with Gasteiger partial charge in [-0.1, -0.05) is 55.5 Å². The van der Waals surface area contributed by atoms with E-state index in [1.54, 1.807) is 6.92 Å². The minimum absolute atomic E-state index is 0.0142. The molecule has 2 aromatic carbocycles. The van der Waals surface area contributed by atoms with Gasteiger partial charge in [0.25, 0.3) is 0 Å². The Balaban J connectivity index is 1.25. The molecule has 2 unspecified atom stereocenters. The summed E-state index contributed by atoms with van der Waals surface area (Å²) in [6.07, 6.45) is -0.149. The quantitative estimate of drug-likeness (QED) is 0.568. The lowest BCUT2D eigenvalue weighted by atomic mass is 9.98. The molecule has 1 saturated heterocycles. The molecule has 0 aromatic heterocycles. The molecule has 1 fully saturated rings. The van der Waals surface area contributed by atoms with E-state index in [-0.39, 0.29) is 37.7 Å². The molecule has 3 atom stereocenters. The number of ether oxygens (including phenoxy) is 2. The van der Waals surface area contributed by atoms with Crippen LogP contribution in [0.4, 0.5) is 4.79 Å². The molecule has 0 saturated carbocycles. The highest BCUT2D eigenvalue weighted by atomic mass is 16.5. The summed E-state index contributed by atoms with van der Waals surface area (Å²) >= 11 is 0. The smallest absolute Gasteiger partial charge is 0.407 e. The van der Waals surface area contributed by atoms with Crippen molar-refractivity contribution in [2.75, 3.05) is 19.8 Å². The third-order valence-corrected chi connectivity index (χ3v) is 6.29. The van der Waals surface area contributed by atoms with E-state index < -0.39 is 24.0 Å². The standard InChI is InChI=1S/C25H28N2O6/c1-2-22(24(29)30)27-23(28)15-11-16(32-13-15)12-26-25(31)33-14-21-19-9-5-3-7-17(19)18-8-4-6-10-20(18)21/h3-10,15-16,21-22H,2,11-14H2,1H3,(H,26,31)(H,27,28)(H,29,30)/t15?,16?,22-/m1/s1. The van der Waals surface area contributed by atoms with E-state index in [1.807, 2.05) is 24.3 Å². The number of carboxylic acid groups (broad SMARTS) is 1. The Bertz CT molecular complexity index is 994. The molecule has 3 N–H and O–H groups in total. The summed E-state index contributed by atoms with van der Waals surface area (Å²) in [5, 5.41) is 14.3. The number of nitrogens with one attached hydrogen (secondary N) is 2. The molecule has 0 radical (unpaired) electrons. The van der Waals surface area contributed by atoms with Crippen molar-refractivity contribution >= 4 is 18.0 Å². The first-order valence-corrected chi connectivity index (χ1v) is 11.2.